The fourth-order valence-corrected chi connectivity index (χ4v) is 5.10. The highest BCUT2D eigenvalue weighted by atomic mass is 14.9. The van der Waals surface area contributed by atoms with Crippen molar-refractivity contribution >= 4 is 38.0 Å². The Morgan fingerprint density at radius 3 is 2.21 bits per heavy atom. The van der Waals surface area contributed by atoms with Gasteiger partial charge in [0, 0.05) is 11.1 Å². The predicted molar refractivity (Wildman–Crippen MR) is 125 cm³/mol. The molecule has 29 heavy (non-hydrogen) atoms. The molecule has 6 rings (SSSR count). The molecule has 0 aromatic heterocycles. The monoisotopic (exact) mass is 373 g/mol. The summed E-state index contributed by atoms with van der Waals surface area (Å²) in [5, 5.41) is 12.0. The maximum atomic E-state index is 3.88. The van der Waals surface area contributed by atoms with Crippen LogP contribution in [0, 0.1) is 0 Å². The SMILES string of the molecule is c1ccc2c(N[C@H]3CCCc4c3ccc3c4ccc4ccccc43)cccc2c1. The second kappa shape index (κ2) is 6.63. The molecule has 0 aliphatic heterocycles. The van der Waals surface area contributed by atoms with E-state index in [-0.39, 0.29) is 0 Å². The van der Waals surface area contributed by atoms with Crippen LogP contribution in [0.2, 0.25) is 0 Å². The summed E-state index contributed by atoms with van der Waals surface area (Å²) in [7, 11) is 0. The molecule has 0 unspecified atom stereocenters. The van der Waals surface area contributed by atoms with Crippen molar-refractivity contribution in [2.45, 2.75) is 25.3 Å². The lowest BCUT2D eigenvalue weighted by Gasteiger charge is -2.29. The molecule has 1 N–H and O–H groups in total. The Hall–Kier alpha value is -3.32. The molecular weight excluding hydrogens is 350 g/mol. The van der Waals surface area contributed by atoms with Crippen LogP contribution in [-0.4, -0.2) is 0 Å². The van der Waals surface area contributed by atoms with Crippen molar-refractivity contribution in [1.82, 2.24) is 0 Å². The first kappa shape index (κ1) is 16.6. The van der Waals surface area contributed by atoms with Crippen molar-refractivity contribution in [1.29, 1.82) is 0 Å². The van der Waals surface area contributed by atoms with Crippen molar-refractivity contribution in [3.05, 3.63) is 102 Å². The van der Waals surface area contributed by atoms with Crippen LogP contribution < -0.4 is 5.32 Å². The highest BCUT2D eigenvalue weighted by Crippen LogP contribution is 2.39. The Balaban J connectivity index is 1.48. The number of fused-ring (bicyclic) bond motifs is 6. The molecule has 1 aliphatic carbocycles. The van der Waals surface area contributed by atoms with Crippen molar-refractivity contribution < 1.29 is 0 Å². The zero-order valence-electron chi connectivity index (χ0n) is 16.4. The van der Waals surface area contributed by atoms with Gasteiger partial charge in [-0.05, 0) is 63.4 Å². The minimum Gasteiger partial charge on any atom is -0.378 e. The molecule has 1 atom stereocenters. The molecule has 1 nitrogen and oxygen atoms in total. The average Bonchev–Trinajstić information content (AvgIpc) is 2.79. The Kier molecular flexibility index (Phi) is 3.80. The van der Waals surface area contributed by atoms with Gasteiger partial charge in [-0.1, -0.05) is 84.9 Å². The second-order valence-corrected chi connectivity index (χ2v) is 8.13. The maximum absolute atomic E-state index is 3.88. The van der Waals surface area contributed by atoms with Gasteiger partial charge in [0.25, 0.3) is 0 Å². The van der Waals surface area contributed by atoms with Gasteiger partial charge in [-0.2, -0.15) is 0 Å². The van der Waals surface area contributed by atoms with Gasteiger partial charge in [-0.15, -0.1) is 0 Å². The van der Waals surface area contributed by atoms with E-state index in [2.05, 4.69) is 96.3 Å². The third-order valence-electron chi connectivity index (χ3n) is 6.49. The predicted octanol–water partition coefficient (Wildman–Crippen LogP) is 7.64. The van der Waals surface area contributed by atoms with Gasteiger partial charge in [0.05, 0.1) is 6.04 Å². The number of rotatable bonds is 2. The van der Waals surface area contributed by atoms with E-state index in [1.54, 1.807) is 0 Å². The molecule has 0 fully saturated rings. The lowest BCUT2D eigenvalue weighted by molar-refractivity contribution is 0.604. The minimum atomic E-state index is 0.362. The third-order valence-corrected chi connectivity index (χ3v) is 6.49. The Morgan fingerprint density at radius 1 is 0.586 bits per heavy atom. The van der Waals surface area contributed by atoms with Crippen LogP contribution in [0.25, 0.3) is 32.3 Å². The normalized spacial score (nSPS) is 16.2. The highest BCUT2D eigenvalue weighted by molar-refractivity contribution is 6.08. The smallest absolute Gasteiger partial charge is 0.0517 e. The fourth-order valence-electron chi connectivity index (χ4n) is 5.10. The molecule has 1 heteroatoms. The average molecular weight is 373 g/mol. The van der Waals surface area contributed by atoms with Gasteiger partial charge in [0.1, 0.15) is 0 Å². The lowest BCUT2D eigenvalue weighted by atomic mass is 9.83. The number of anilines is 1. The van der Waals surface area contributed by atoms with Crippen LogP contribution in [0.1, 0.15) is 30.0 Å². The van der Waals surface area contributed by atoms with E-state index < -0.39 is 0 Å². The fraction of sp³-hybridized carbons (Fsp3) is 0.143. The van der Waals surface area contributed by atoms with Crippen molar-refractivity contribution in [2.24, 2.45) is 0 Å². The maximum Gasteiger partial charge on any atom is 0.0517 e. The zero-order valence-corrected chi connectivity index (χ0v) is 16.4. The third kappa shape index (κ3) is 2.69. The number of hydrogen-bond acceptors (Lipinski definition) is 1. The van der Waals surface area contributed by atoms with Gasteiger partial charge in [-0.3, -0.25) is 0 Å². The number of hydrogen-bond donors (Lipinski definition) is 1. The lowest BCUT2D eigenvalue weighted by Crippen LogP contribution is -2.17. The molecule has 1 aliphatic rings. The van der Waals surface area contributed by atoms with Crippen LogP contribution in [0.5, 0.6) is 0 Å². The molecule has 0 spiro atoms. The molecule has 0 saturated carbocycles. The molecule has 0 saturated heterocycles. The number of benzene rings is 5. The topological polar surface area (TPSA) is 12.0 Å². The molecule has 0 radical (unpaired) electrons. The van der Waals surface area contributed by atoms with E-state index >= 15 is 0 Å². The first-order chi connectivity index (χ1) is 14.4. The van der Waals surface area contributed by atoms with Gasteiger partial charge in [0.15, 0.2) is 0 Å². The molecule has 0 heterocycles. The van der Waals surface area contributed by atoms with Crippen molar-refractivity contribution in [2.75, 3.05) is 5.32 Å². The van der Waals surface area contributed by atoms with E-state index in [9.17, 15) is 0 Å². The van der Waals surface area contributed by atoms with Crippen LogP contribution >= 0.6 is 0 Å². The molecule has 140 valence electrons. The van der Waals surface area contributed by atoms with E-state index in [0.29, 0.717) is 6.04 Å². The van der Waals surface area contributed by atoms with Crippen molar-refractivity contribution in [3.63, 3.8) is 0 Å². The summed E-state index contributed by atoms with van der Waals surface area (Å²) in [6.07, 6.45) is 3.56. The van der Waals surface area contributed by atoms with Crippen LogP contribution in [0.4, 0.5) is 5.69 Å². The van der Waals surface area contributed by atoms with E-state index in [0.717, 1.165) is 0 Å². The second-order valence-electron chi connectivity index (χ2n) is 8.13. The van der Waals surface area contributed by atoms with Gasteiger partial charge < -0.3 is 5.32 Å². The standard InChI is InChI=1S/C28H23N/c1-3-10-21-20(8-1)15-16-25-23-12-6-14-28(26(23)18-17-24(21)25)29-27-13-5-9-19-7-2-4-11-22(19)27/h1-5,7-11,13,15-18,28-29H,6,12,14H2/t28-/m0/s1. The molecule has 0 bridgehead atoms. The Labute approximate surface area is 171 Å². The van der Waals surface area contributed by atoms with Crippen LogP contribution in [0.15, 0.2) is 91.0 Å². The Morgan fingerprint density at radius 2 is 1.31 bits per heavy atom. The minimum absolute atomic E-state index is 0.362. The summed E-state index contributed by atoms with van der Waals surface area (Å²) in [4.78, 5) is 0. The number of aryl methyl sites for hydroxylation is 1. The summed E-state index contributed by atoms with van der Waals surface area (Å²) in [6.45, 7) is 0. The number of nitrogens with one attached hydrogen (secondary N) is 1. The molecular formula is C28H23N. The largest absolute Gasteiger partial charge is 0.378 e. The summed E-state index contributed by atoms with van der Waals surface area (Å²) in [5.74, 6) is 0. The quantitative estimate of drug-likeness (QED) is 0.314. The summed E-state index contributed by atoms with van der Waals surface area (Å²) in [5.41, 5.74) is 4.23. The van der Waals surface area contributed by atoms with Gasteiger partial charge in [0.2, 0.25) is 0 Å². The first-order valence-corrected chi connectivity index (χ1v) is 10.6. The molecule has 0 amide bonds. The van der Waals surface area contributed by atoms with E-state index in [1.165, 1.54) is 68.4 Å². The van der Waals surface area contributed by atoms with Gasteiger partial charge in [-0.25, -0.2) is 0 Å². The summed E-state index contributed by atoms with van der Waals surface area (Å²) >= 11 is 0. The Bertz CT molecular complexity index is 1360. The van der Waals surface area contributed by atoms with Crippen molar-refractivity contribution in [3.8, 4) is 0 Å². The van der Waals surface area contributed by atoms with E-state index in [4.69, 9.17) is 0 Å². The highest BCUT2D eigenvalue weighted by Gasteiger charge is 2.22. The molecule has 5 aromatic carbocycles. The van der Waals surface area contributed by atoms with Crippen LogP contribution in [-0.2, 0) is 6.42 Å². The first-order valence-electron chi connectivity index (χ1n) is 10.6. The summed E-state index contributed by atoms with van der Waals surface area (Å²) in [6, 6.07) is 33.6. The van der Waals surface area contributed by atoms with E-state index in [1.807, 2.05) is 0 Å². The molecule has 5 aromatic rings. The zero-order chi connectivity index (χ0) is 19.2. The summed E-state index contributed by atoms with van der Waals surface area (Å²) < 4.78 is 0. The van der Waals surface area contributed by atoms with Gasteiger partial charge >= 0.3 is 0 Å². The van der Waals surface area contributed by atoms with Crippen LogP contribution in [0.3, 0.4) is 0 Å².